The number of piperidine rings is 1. The number of benzene rings is 1. The topological polar surface area (TPSA) is 62.5 Å². The maximum Gasteiger partial charge on any atom is 0.326 e. The summed E-state index contributed by atoms with van der Waals surface area (Å²) < 4.78 is 1.96. The van der Waals surface area contributed by atoms with Gasteiger partial charge in [-0.1, -0.05) is 18.2 Å². The molecular formula is C17H20N2O3. The number of nitrogens with zero attached hydrogens (tertiary/aromatic N) is 2. The van der Waals surface area contributed by atoms with Crippen molar-refractivity contribution in [3.8, 4) is 0 Å². The Hall–Kier alpha value is -2.30. The van der Waals surface area contributed by atoms with Crippen molar-refractivity contribution in [2.45, 2.75) is 38.8 Å². The van der Waals surface area contributed by atoms with Crippen molar-refractivity contribution in [1.29, 1.82) is 0 Å². The molecule has 0 aliphatic carbocycles. The number of hydrogen-bond acceptors (Lipinski definition) is 2. The van der Waals surface area contributed by atoms with Crippen molar-refractivity contribution < 1.29 is 14.7 Å². The van der Waals surface area contributed by atoms with E-state index in [2.05, 4.69) is 0 Å². The predicted molar refractivity (Wildman–Crippen MR) is 83.7 cm³/mol. The van der Waals surface area contributed by atoms with E-state index in [1.54, 1.807) is 0 Å². The Balaban J connectivity index is 1.86. The molecular weight excluding hydrogens is 280 g/mol. The lowest BCUT2D eigenvalue weighted by molar-refractivity contribution is -0.152. The SMILES string of the molecule is Cc1cc2ccccc2n1CC(=O)N1CCCCC1C(=O)O. The number of aromatic nitrogens is 1. The van der Waals surface area contributed by atoms with Gasteiger partial charge in [-0.2, -0.15) is 0 Å². The Morgan fingerprint density at radius 3 is 2.82 bits per heavy atom. The quantitative estimate of drug-likeness (QED) is 0.947. The van der Waals surface area contributed by atoms with Crippen LogP contribution in [-0.2, 0) is 16.1 Å². The van der Waals surface area contributed by atoms with Crippen LogP contribution in [-0.4, -0.2) is 39.0 Å². The van der Waals surface area contributed by atoms with Crippen LogP contribution in [0.3, 0.4) is 0 Å². The smallest absolute Gasteiger partial charge is 0.326 e. The number of likely N-dealkylation sites (tertiary alicyclic amines) is 1. The second kappa shape index (κ2) is 5.83. The van der Waals surface area contributed by atoms with Crippen LogP contribution in [0.1, 0.15) is 25.0 Å². The number of carbonyl (C=O) groups excluding carboxylic acids is 1. The van der Waals surface area contributed by atoms with Crippen LogP contribution < -0.4 is 0 Å². The molecule has 116 valence electrons. The molecule has 5 heteroatoms. The molecule has 1 atom stereocenters. The van der Waals surface area contributed by atoms with Gasteiger partial charge in [0.2, 0.25) is 5.91 Å². The highest BCUT2D eigenvalue weighted by atomic mass is 16.4. The van der Waals surface area contributed by atoms with E-state index in [-0.39, 0.29) is 12.5 Å². The summed E-state index contributed by atoms with van der Waals surface area (Å²) >= 11 is 0. The van der Waals surface area contributed by atoms with Crippen LogP contribution in [0.2, 0.25) is 0 Å². The van der Waals surface area contributed by atoms with Gasteiger partial charge < -0.3 is 14.6 Å². The molecule has 0 bridgehead atoms. The van der Waals surface area contributed by atoms with Gasteiger partial charge in [-0.05, 0) is 43.7 Å². The van der Waals surface area contributed by atoms with E-state index in [4.69, 9.17) is 0 Å². The first-order valence-electron chi connectivity index (χ1n) is 7.65. The first-order valence-corrected chi connectivity index (χ1v) is 7.65. The molecule has 22 heavy (non-hydrogen) atoms. The number of carboxylic acid groups (broad SMARTS) is 1. The molecule has 1 N–H and O–H groups in total. The summed E-state index contributed by atoms with van der Waals surface area (Å²) in [5.41, 5.74) is 2.02. The summed E-state index contributed by atoms with van der Waals surface area (Å²) in [5.74, 6) is -1.02. The second-order valence-corrected chi connectivity index (χ2v) is 5.87. The molecule has 5 nitrogen and oxygen atoms in total. The summed E-state index contributed by atoms with van der Waals surface area (Å²) in [6.07, 6.45) is 2.29. The Kier molecular flexibility index (Phi) is 3.88. The van der Waals surface area contributed by atoms with Gasteiger partial charge in [0.1, 0.15) is 12.6 Å². The lowest BCUT2D eigenvalue weighted by Crippen LogP contribution is -2.49. The van der Waals surface area contributed by atoms with Gasteiger partial charge in [-0.15, -0.1) is 0 Å². The van der Waals surface area contributed by atoms with Gasteiger partial charge in [0.15, 0.2) is 0 Å². The standard InChI is InChI=1S/C17H20N2O3/c1-12-10-13-6-2-3-7-14(13)19(12)11-16(20)18-9-5-4-8-15(18)17(21)22/h2-3,6-7,10,15H,4-5,8-9,11H2,1H3,(H,21,22). The minimum Gasteiger partial charge on any atom is -0.480 e. The molecule has 1 aliphatic rings. The number of hydrogen-bond donors (Lipinski definition) is 1. The number of carbonyl (C=O) groups is 2. The fraction of sp³-hybridized carbons (Fsp3) is 0.412. The zero-order valence-corrected chi connectivity index (χ0v) is 12.7. The summed E-state index contributed by atoms with van der Waals surface area (Å²) in [6, 6.07) is 9.30. The molecule has 0 saturated carbocycles. The highest BCUT2D eigenvalue weighted by Gasteiger charge is 2.32. The molecule has 1 aromatic carbocycles. The third-order valence-electron chi connectivity index (χ3n) is 4.42. The summed E-state index contributed by atoms with van der Waals surface area (Å²) in [6.45, 7) is 2.70. The number of amides is 1. The maximum absolute atomic E-state index is 12.6. The minimum absolute atomic E-state index is 0.114. The van der Waals surface area contributed by atoms with Crippen LogP contribution in [0.15, 0.2) is 30.3 Å². The van der Waals surface area contributed by atoms with Crippen molar-refractivity contribution in [2.24, 2.45) is 0 Å². The molecule has 1 aliphatic heterocycles. The third kappa shape index (κ3) is 2.58. The fourth-order valence-electron chi connectivity index (χ4n) is 3.27. The monoisotopic (exact) mass is 300 g/mol. The molecule has 0 spiro atoms. The zero-order chi connectivity index (χ0) is 15.7. The van der Waals surface area contributed by atoms with Crippen LogP contribution in [0, 0.1) is 6.92 Å². The molecule has 2 heterocycles. The minimum atomic E-state index is -0.901. The highest BCUT2D eigenvalue weighted by Crippen LogP contribution is 2.21. The van der Waals surface area contributed by atoms with Crippen LogP contribution in [0.5, 0.6) is 0 Å². The molecule has 2 aromatic rings. The number of fused-ring (bicyclic) bond motifs is 1. The Labute approximate surface area is 129 Å². The molecule has 1 aromatic heterocycles. The zero-order valence-electron chi connectivity index (χ0n) is 12.7. The average molecular weight is 300 g/mol. The van der Waals surface area contributed by atoms with E-state index >= 15 is 0 Å². The normalized spacial score (nSPS) is 18.6. The number of aliphatic carboxylic acids is 1. The summed E-state index contributed by atoms with van der Waals surface area (Å²) in [4.78, 5) is 25.5. The molecule has 1 fully saturated rings. The number of carboxylic acids is 1. The largest absolute Gasteiger partial charge is 0.480 e. The number of para-hydroxylation sites is 1. The molecule has 1 unspecified atom stereocenters. The predicted octanol–water partition coefficient (Wildman–Crippen LogP) is 2.42. The van der Waals surface area contributed by atoms with E-state index in [1.807, 2.05) is 41.8 Å². The van der Waals surface area contributed by atoms with Crippen LogP contribution >= 0.6 is 0 Å². The van der Waals surface area contributed by atoms with Gasteiger partial charge in [0.05, 0.1) is 0 Å². The second-order valence-electron chi connectivity index (χ2n) is 5.87. The first-order chi connectivity index (χ1) is 10.6. The number of rotatable bonds is 3. The van der Waals surface area contributed by atoms with Gasteiger partial charge >= 0.3 is 5.97 Å². The highest BCUT2D eigenvalue weighted by molar-refractivity contribution is 5.86. The van der Waals surface area contributed by atoms with Gasteiger partial charge in [-0.3, -0.25) is 4.79 Å². The van der Waals surface area contributed by atoms with E-state index in [0.717, 1.165) is 29.4 Å². The third-order valence-corrected chi connectivity index (χ3v) is 4.42. The Bertz CT molecular complexity index is 720. The van der Waals surface area contributed by atoms with Gasteiger partial charge in [-0.25, -0.2) is 4.79 Å². The van der Waals surface area contributed by atoms with Crippen molar-refractivity contribution in [3.05, 3.63) is 36.0 Å². The average Bonchev–Trinajstić information content (AvgIpc) is 2.83. The lowest BCUT2D eigenvalue weighted by Gasteiger charge is -2.33. The Morgan fingerprint density at radius 1 is 1.27 bits per heavy atom. The van der Waals surface area contributed by atoms with E-state index in [1.165, 1.54) is 4.90 Å². The van der Waals surface area contributed by atoms with Crippen molar-refractivity contribution >= 4 is 22.8 Å². The number of aryl methyl sites for hydroxylation is 1. The molecule has 3 rings (SSSR count). The molecule has 1 amide bonds. The van der Waals surface area contributed by atoms with Crippen LogP contribution in [0.25, 0.3) is 10.9 Å². The maximum atomic E-state index is 12.6. The van der Waals surface area contributed by atoms with E-state index in [0.29, 0.717) is 13.0 Å². The van der Waals surface area contributed by atoms with E-state index in [9.17, 15) is 14.7 Å². The first kappa shape index (κ1) is 14.6. The summed E-state index contributed by atoms with van der Waals surface area (Å²) in [5, 5.41) is 10.4. The molecule has 1 saturated heterocycles. The van der Waals surface area contributed by atoms with Crippen LogP contribution in [0.4, 0.5) is 0 Å². The van der Waals surface area contributed by atoms with Gasteiger partial charge in [0.25, 0.3) is 0 Å². The van der Waals surface area contributed by atoms with Crippen molar-refractivity contribution in [3.63, 3.8) is 0 Å². The summed E-state index contributed by atoms with van der Waals surface area (Å²) in [7, 11) is 0. The van der Waals surface area contributed by atoms with Crippen molar-refractivity contribution in [2.75, 3.05) is 6.54 Å². The fourth-order valence-corrected chi connectivity index (χ4v) is 3.27. The Morgan fingerprint density at radius 2 is 2.05 bits per heavy atom. The van der Waals surface area contributed by atoms with E-state index < -0.39 is 12.0 Å². The van der Waals surface area contributed by atoms with Gasteiger partial charge in [0, 0.05) is 17.8 Å². The van der Waals surface area contributed by atoms with Crippen molar-refractivity contribution in [1.82, 2.24) is 9.47 Å². The lowest BCUT2D eigenvalue weighted by atomic mass is 10.0. The molecule has 0 radical (unpaired) electrons.